The highest BCUT2D eigenvalue weighted by Crippen LogP contribution is 2.33. The quantitative estimate of drug-likeness (QED) is 0.696. The third-order valence-corrected chi connectivity index (χ3v) is 4.25. The van der Waals surface area contributed by atoms with Crippen LogP contribution in [-0.4, -0.2) is 19.7 Å². The SMILES string of the molecule is Clc1ccc2c(n1)C(c1ccccc1Cl)NCc1nncn1-2. The van der Waals surface area contributed by atoms with Crippen molar-refractivity contribution in [3.05, 3.63) is 70.0 Å². The molecule has 3 heterocycles. The molecule has 2 aromatic heterocycles. The summed E-state index contributed by atoms with van der Waals surface area (Å²) in [7, 11) is 0. The average molecular weight is 332 g/mol. The molecule has 0 saturated carbocycles. The second-order valence-electron chi connectivity index (χ2n) is 4.99. The van der Waals surface area contributed by atoms with E-state index < -0.39 is 0 Å². The van der Waals surface area contributed by atoms with Gasteiger partial charge in [0, 0.05) is 5.02 Å². The maximum atomic E-state index is 6.37. The summed E-state index contributed by atoms with van der Waals surface area (Å²) >= 11 is 12.5. The molecule has 0 amide bonds. The molecule has 0 spiro atoms. The predicted octanol–water partition coefficient (Wildman–Crippen LogP) is 3.16. The number of benzene rings is 1. The van der Waals surface area contributed by atoms with Crippen molar-refractivity contribution in [3.8, 4) is 5.69 Å². The Kier molecular flexibility index (Phi) is 3.33. The molecule has 3 aromatic rings. The van der Waals surface area contributed by atoms with Crippen molar-refractivity contribution < 1.29 is 0 Å². The van der Waals surface area contributed by atoms with Crippen LogP contribution < -0.4 is 5.32 Å². The molecule has 0 bridgehead atoms. The van der Waals surface area contributed by atoms with E-state index in [9.17, 15) is 0 Å². The Morgan fingerprint density at radius 3 is 2.86 bits per heavy atom. The van der Waals surface area contributed by atoms with Crippen LogP contribution in [0.1, 0.15) is 23.1 Å². The molecular weight excluding hydrogens is 321 g/mol. The molecular formula is C15H11Cl2N5. The highest BCUT2D eigenvalue weighted by atomic mass is 35.5. The zero-order valence-corrected chi connectivity index (χ0v) is 12.9. The van der Waals surface area contributed by atoms with Crippen molar-refractivity contribution in [1.29, 1.82) is 0 Å². The molecule has 1 aromatic carbocycles. The predicted molar refractivity (Wildman–Crippen MR) is 84.3 cm³/mol. The molecule has 1 N–H and O–H groups in total. The Labute approximate surface area is 136 Å². The van der Waals surface area contributed by atoms with Gasteiger partial charge >= 0.3 is 0 Å². The second kappa shape index (κ2) is 5.35. The lowest BCUT2D eigenvalue weighted by Crippen LogP contribution is -2.22. The lowest BCUT2D eigenvalue weighted by molar-refractivity contribution is 0.588. The van der Waals surface area contributed by atoms with Gasteiger partial charge in [0.2, 0.25) is 0 Å². The second-order valence-corrected chi connectivity index (χ2v) is 5.79. The van der Waals surface area contributed by atoms with E-state index in [1.54, 1.807) is 12.4 Å². The van der Waals surface area contributed by atoms with E-state index in [0.717, 1.165) is 22.8 Å². The standard InChI is InChI=1S/C15H11Cl2N5/c16-10-4-2-1-3-9(10)14-15-11(5-6-12(17)20-15)22-8-19-21-13(22)7-18-14/h1-6,8,14,18H,7H2. The van der Waals surface area contributed by atoms with Crippen molar-refractivity contribution in [2.75, 3.05) is 0 Å². The molecule has 0 saturated heterocycles. The molecule has 0 aliphatic carbocycles. The summed E-state index contributed by atoms with van der Waals surface area (Å²) in [6.07, 6.45) is 1.68. The van der Waals surface area contributed by atoms with Crippen molar-refractivity contribution >= 4 is 23.2 Å². The topological polar surface area (TPSA) is 55.6 Å². The molecule has 0 fully saturated rings. The van der Waals surface area contributed by atoms with Crippen LogP contribution in [0.25, 0.3) is 5.69 Å². The van der Waals surface area contributed by atoms with Crippen LogP contribution in [0, 0.1) is 0 Å². The Morgan fingerprint density at radius 2 is 2.00 bits per heavy atom. The normalized spacial score (nSPS) is 16.7. The first kappa shape index (κ1) is 13.7. The number of pyridine rings is 1. The van der Waals surface area contributed by atoms with Gasteiger partial charge in [0.1, 0.15) is 11.5 Å². The zero-order valence-electron chi connectivity index (χ0n) is 11.4. The minimum absolute atomic E-state index is 0.163. The fraction of sp³-hybridized carbons (Fsp3) is 0.133. The largest absolute Gasteiger partial charge is 0.298 e. The number of fused-ring (bicyclic) bond motifs is 3. The van der Waals surface area contributed by atoms with Crippen molar-refractivity contribution in [2.45, 2.75) is 12.6 Å². The van der Waals surface area contributed by atoms with E-state index in [4.69, 9.17) is 23.2 Å². The summed E-state index contributed by atoms with van der Waals surface area (Å²) < 4.78 is 1.92. The zero-order chi connectivity index (χ0) is 15.1. The molecule has 22 heavy (non-hydrogen) atoms. The Balaban J connectivity index is 1.95. The number of halogens is 2. The monoisotopic (exact) mass is 331 g/mol. The minimum atomic E-state index is -0.163. The third-order valence-electron chi connectivity index (χ3n) is 3.70. The van der Waals surface area contributed by atoms with Gasteiger partial charge < -0.3 is 0 Å². The average Bonchev–Trinajstić information content (AvgIpc) is 2.92. The van der Waals surface area contributed by atoms with Gasteiger partial charge in [-0.25, -0.2) is 4.98 Å². The van der Waals surface area contributed by atoms with Crippen LogP contribution in [0.15, 0.2) is 42.7 Å². The van der Waals surface area contributed by atoms with E-state index in [-0.39, 0.29) is 6.04 Å². The molecule has 0 radical (unpaired) electrons. The van der Waals surface area contributed by atoms with Crippen LogP contribution in [0.5, 0.6) is 0 Å². The lowest BCUT2D eigenvalue weighted by atomic mass is 10.0. The van der Waals surface area contributed by atoms with Gasteiger partial charge in [-0.2, -0.15) is 0 Å². The molecule has 1 aliphatic rings. The van der Waals surface area contributed by atoms with Crippen LogP contribution >= 0.6 is 23.2 Å². The summed E-state index contributed by atoms with van der Waals surface area (Å²) in [5, 5.41) is 12.7. The van der Waals surface area contributed by atoms with Crippen molar-refractivity contribution in [3.63, 3.8) is 0 Å². The summed E-state index contributed by atoms with van der Waals surface area (Å²) in [4.78, 5) is 4.52. The molecule has 1 unspecified atom stereocenters. The molecule has 4 rings (SSSR count). The van der Waals surface area contributed by atoms with Gasteiger partial charge in [-0.3, -0.25) is 9.88 Å². The van der Waals surface area contributed by atoms with Crippen LogP contribution in [0.4, 0.5) is 0 Å². The first-order valence-corrected chi connectivity index (χ1v) is 7.53. The smallest absolute Gasteiger partial charge is 0.151 e. The summed E-state index contributed by atoms with van der Waals surface area (Å²) in [6.45, 7) is 0.559. The van der Waals surface area contributed by atoms with Gasteiger partial charge in [-0.05, 0) is 23.8 Å². The Morgan fingerprint density at radius 1 is 1.14 bits per heavy atom. The number of aromatic nitrogens is 4. The molecule has 5 nitrogen and oxygen atoms in total. The Hall–Kier alpha value is -1.95. The van der Waals surface area contributed by atoms with E-state index in [1.165, 1.54) is 0 Å². The summed E-state index contributed by atoms with van der Waals surface area (Å²) in [5.74, 6) is 0.819. The van der Waals surface area contributed by atoms with E-state index in [2.05, 4.69) is 20.5 Å². The third kappa shape index (κ3) is 2.18. The van der Waals surface area contributed by atoms with Gasteiger partial charge in [0.25, 0.3) is 0 Å². The summed E-state index contributed by atoms with van der Waals surface area (Å²) in [5.41, 5.74) is 2.66. The van der Waals surface area contributed by atoms with E-state index in [1.807, 2.05) is 34.9 Å². The van der Waals surface area contributed by atoms with Crippen molar-refractivity contribution in [1.82, 2.24) is 25.1 Å². The summed E-state index contributed by atoms with van der Waals surface area (Å²) in [6, 6.07) is 11.2. The molecule has 110 valence electrons. The van der Waals surface area contributed by atoms with Crippen LogP contribution in [0.2, 0.25) is 10.2 Å². The van der Waals surface area contributed by atoms with E-state index >= 15 is 0 Å². The van der Waals surface area contributed by atoms with Gasteiger partial charge in [0.15, 0.2) is 5.82 Å². The van der Waals surface area contributed by atoms with Gasteiger partial charge in [-0.15, -0.1) is 10.2 Å². The fourth-order valence-corrected chi connectivity index (χ4v) is 3.09. The maximum Gasteiger partial charge on any atom is 0.151 e. The highest BCUT2D eigenvalue weighted by Gasteiger charge is 2.26. The first-order valence-electron chi connectivity index (χ1n) is 6.77. The fourth-order valence-electron chi connectivity index (χ4n) is 2.70. The van der Waals surface area contributed by atoms with Gasteiger partial charge in [0.05, 0.1) is 24.0 Å². The number of nitrogens with one attached hydrogen (secondary N) is 1. The highest BCUT2D eigenvalue weighted by molar-refractivity contribution is 6.31. The molecule has 1 atom stereocenters. The van der Waals surface area contributed by atoms with E-state index in [0.29, 0.717) is 16.7 Å². The number of hydrogen-bond donors (Lipinski definition) is 1. The van der Waals surface area contributed by atoms with Gasteiger partial charge in [-0.1, -0.05) is 41.4 Å². The van der Waals surface area contributed by atoms with Crippen LogP contribution in [0.3, 0.4) is 0 Å². The minimum Gasteiger partial charge on any atom is -0.298 e. The first-order chi connectivity index (χ1) is 10.7. The molecule has 7 heteroatoms. The lowest BCUT2D eigenvalue weighted by Gasteiger charge is -2.19. The molecule has 1 aliphatic heterocycles. The van der Waals surface area contributed by atoms with Crippen LogP contribution in [-0.2, 0) is 6.54 Å². The number of hydrogen-bond acceptors (Lipinski definition) is 4. The maximum absolute atomic E-state index is 6.37. The Bertz CT molecular complexity index is 845. The number of rotatable bonds is 1. The number of nitrogens with zero attached hydrogens (tertiary/aromatic N) is 4. The van der Waals surface area contributed by atoms with Crippen molar-refractivity contribution in [2.24, 2.45) is 0 Å².